The minimum Gasteiger partial charge on any atom is -0.325 e. The van der Waals surface area contributed by atoms with E-state index in [2.05, 4.69) is 27.7 Å². The lowest BCUT2D eigenvalue weighted by Gasteiger charge is -2.38. The molecule has 0 aromatic carbocycles. The third kappa shape index (κ3) is 11.5. The van der Waals surface area contributed by atoms with Crippen LogP contribution in [0.2, 0.25) is 0 Å². The monoisotopic (exact) mass is 339 g/mol. The fourth-order valence-corrected chi connectivity index (χ4v) is 4.14. The third-order valence-corrected chi connectivity index (χ3v) is 5.85. The molecule has 0 aliphatic heterocycles. The molecule has 0 bridgehead atoms. The molecule has 1 nitrogen and oxygen atoms in total. The Morgan fingerprint density at radius 2 is 1.00 bits per heavy atom. The van der Waals surface area contributed by atoms with E-state index < -0.39 is 0 Å². The highest BCUT2D eigenvalue weighted by Gasteiger charge is 2.32. The fraction of sp³-hybridized carbons (Fsp3) is 1.00. The van der Waals surface area contributed by atoms with Crippen molar-refractivity contribution in [3.8, 4) is 0 Å². The van der Waals surface area contributed by atoms with Gasteiger partial charge in [-0.05, 0) is 31.6 Å². The maximum Gasteiger partial charge on any atom is 0.0182 e. The van der Waals surface area contributed by atoms with Crippen molar-refractivity contribution in [2.24, 2.45) is 11.7 Å². The van der Waals surface area contributed by atoms with Gasteiger partial charge in [-0.3, -0.25) is 0 Å². The number of rotatable bonds is 18. The Hall–Kier alpha value is -0.0400. The Labute approximate surface area is 154 Å². The molecule has 0 spiro atoms. The van der Waals surface area contributed by atoms with Crippen molar-refractivity contribution in [3.05, 3.63) is 0 Å². The highest BCUT2D eigenvalue weighted by atomic mass is 14.8. The van der Waals surface area contributed by atoms with Crippen LogP contribution >= 0.6 is 0 Å². The van der Waals surface area contributed by atoms with Crippen molar-refractivity contribution in [2.45, 2.75) is 142 Å². The molecule has 1 unspecified atom stereocenters. The fourth-order valence-electron chi connectivity index (χ4n) is 4.14. The molecular formula is C23H49N. The Morgan fingerprint density at radius 1 is 0.542 bits per heavy atom. The zero-order valence-corrected chi connectivity index (χ0v) is 17.7. The first-order chi connectivity index (χ1) is 11.6. The molecule has 0 radical (unpaired) electrons. The quantitative estimate of drug-likeness (QED) is 0.251. The van der Waals surface area contributed by atoms with E-state index in [0.29, 0.717) is 0 Å². The van der Waals surface area contributed by atoms with Gasteiger partial charge in [-0.2, -0.15) is 0 Å². The topological polar surface area (TPSA) is 26.0 Å². The Morgan fingerprint density at radius 3 is 1.46 bits per heavy atom. The zero-order chi connectivity index (χ0) is 18.1. The second kappa shape index (κ2) is 16.4. The van der Waals surface area contributed by atoms with Gasteiger partial charge in [0, 0.05) is 5.54 Å². The maximum atomic E-state index is 7.00. The van der Waals surface area contributed by atoms with Gasteiger partial charge in [0.2, 0.25) is 0 Å². The smallest absolute Gasteiger partial charge is 0.0182 e. The van der Waals surface area contributed by atoms with Gasteiger partial charge in [-0.15, -0.1) is 0 Å². The molecular weight excluding hydrogens is 290 g/mol. The van der Waals surface area contributed by atoms with Crippen LogP contribution in [-0.4, -0.2) is 5.54 Å². The second-order valence-corrected chi connectivity index (χ2v) is 8.19. The van der Waals surface area contributed by atoms with Crippen molar-refractivity contribution >= 4 is 0 Å². The van der Waals surface area contributed by atoms with Crippen LogP contribution in [0.1, 0.15) is 137 Å². The molecule has 1 atom stereocenters. The van der Waals surface area contributed by atoms with Gasteiger partial charge >= 0.3 is 0 Å². The van der Waals surface area contributed by atoms with Crippen molar-refractivity contribution < 1.29 is 0 Å². The molecule has 0 fully saturated rings. The highest BCUT2D eigenvalue weighted by molar-refractivity contribution is 4.91. The summed E-state index contributed by atoms with van der Waals surface area (Å²) in [6, 6.07) is 0. The number of hydrogen-bond donors (Lipinski definition) is 1. The van der Waals surface area contributed by atoms with E-state index in [0.717, 1.165) is 5.92 Å². The normalized spacial score (nSPS) is 13.4. The van der Waals surface area contributed by atoms with Crippen LogP contribution < -0.4 is 5.73 Å². The highest BCUT2D eigenvalue weighted by Crippen LogP contribution is 2.34. The van der Waals surface area contributed by atoms with Crippen LogP contribution in [-0.2, 0) is 0 Å². The summed E-state index contributed by atoms with van der Waals surface area (Å²) in [7, 11) is 0. The maximum absolute atomic E-state index is 7.00. The van der Waals surface area contributed by atoms with Crippen LogP contribution in [0.3, 0.4) is 0 Å². The molecule has 1 heteroatoms. The molecule has 24 heavy (non-hydrogen) atoms. The molecule has 0 aliphatic rings. The third-order valence-electron chi connectivity index (χ3n) is 5.85. The average Bonchev–Trinajstić information content (AvgIpc) is 2.59. The van der Waals surface area contributed by atoms with Crippen molar-refractivity contribution in [3.63, 3.8) is 0 Å². The first-order valence-corrected chi connectivity index (χ1v) is 11.4. The van der Waals surface area contributed by atoms with E-state index >= 15 is 0 Å². The summed E-state index contributed by atoms with van der Waals surface area (Å²) < 4.78 is 0. The van der Waals surface area contributed by atoms with E-state index in [1.165, 1.54) is 109 Å². The Balaban J connectivity index is 4.24. The van der Waals surface area contributed by atoms with Gasteiger partial charge in [0.05, 0.1) is 0 Å². The molecule has 0 amide bonds. The largest absolute Gasteiger partial charge is 0.325 e. The van der Waals surface area contributed by atoms with Gasteiger partial charge in [0.15, 0.2) is 0 Å². The molecule has 0 aromatic heterocycles. The molecule has 0 heterocycles. The summed E-state index contributed by atoms with van der Waals surface area (Å²) in [5.41, 5.74) is 7.11. The van der Waals surface area contributed by atoms with Gasteiger partial charge in [-0.25, -0.2) is 0 Å². The van der Waals surface area contributed by atoms with Crippen molar-refractivity contribution in [2.75, 3.05) is 0 Å². The summed E-state index contributed by atoms with van der Waals surface area (Å²) in [6.45, 7) is 9.23. The molecule has 0 aromatic rings. The second-order valence-electron chi connectivity index (χ2n) is 8.19. The van der Waals surface area contributed by atoms with E-state index in [4.69, 9.17) is 5.73 Å². The van der Waals surface area contributed by atoms with E-state index in [1.807, 2.05) is 0 Å². The summed E-state index contributed by atoms with van der Waals surface area (Å²) in [5, 5.41) is 0. The van der Waals surface area contributed by atoms with Crippen molar-refractivity contribution in [1.82, 2.24) is 0 Å². The summed E-state index contributed by atoms with van der Waals surface area (Å²) in [5.74, 6) is 0.751. The predicted octanol–water partition coefficient (Wildman–Crippen LogP) is 8.01. The predicted molar refractivity (Wildman–Crippen MR) is 112 cm³/mol. The lowest BCUT2D eigenvalue weighted by atomic mass is 9.72. The SMILES string of the molecule is CCCCCCCCCCC(CCC)C(N)(CCCC)CCCC. The number of unbranched alkanes of at least 4 members (excludes halogenated alkanes) is 9. The lowest BCUT2D eigenvalue weighted by molar-refractivity contribution is 0.195. The molecule has 0 rings (SSSR count). The standard InChI is InChI=1S/C23H49N/c1-5-9-12-13-14-15-16-17-19-22(18-8-4)23(24,20-10-6-2)21-11-7-3/h22H,5-21,24H2,1-4H3. The zero-order valence-electron chi connectivity index (χ0n) is 17.7. The van der Waals surface area contributed by atoms with Gasteiger partial charge in [0.25, 0.3) is 0 Å². The van der Waals surface area contributed by atoms with E-state index in [1.54, 1.807) is 0 Å². The Kier molecular flexibility index (Phi) is 16.4. The van der Waals surface area contributed by atoms with Gasteiger partial charge in [0.1, 0.15) is 0 Å². The van der Waals surface area contributed by atoms with Gasteiger partial charge < -0.3 is 5.73 Å². The molecule has 2 N–H and O–H groups in total. The minimum atomic E-state index is 0.114. The molecule has 0 saturated carbocycles. The van der Waals surface area contributed by atoms with Gasteiger partial charge in [-0.1, -0.05) is 111 Å². The van der Waals surface area contributed by atoms with E-state index in [9.17, 15) is 0 Å². The first kappa shape index (κ1) is 24.0. The first-order valence-electron chi connectivity index (χ1n) is 11.4. The van der Waals surface area contributed by atoms with Crippen LogP contribution in [0.15, 0.2) is 0 Å². The molecule has 0 aliphatic carbocycles. The van der Waals surface area contributed by atoms with Crippen LogP contribution in [0.5, 0.6) is 0 Å². The lowest BCUT2D eigenvalue weighted by Crippen LogP contribution is -2.47. The summed E-state index contributed by atoms with van der Waals surface area (Å²) >= 11 is 0. The average molecular weight is 340 g/mol. The minimum absolute atomic E-state index is 0.114. The van der Waals surface area contributed by atoms with Crippen LogP contribution in [0, 0.1) is 5.92 Å². The summed E-state index contributed by atoms with van der Waals surface area (Å²) in [6.07, 6.45) is 23.0. The number of hydrogen-bond acceptors (Lipinski definition) is 1. The van der Waals surface area contributed by atoms with Crippen LogP contribution in [0.25, 0.3) is 0 Å². The Bertz CT molecular complexity index is 240. The van der Waals surface area contributed by atoms with E-state index in [-0.39, 0.29) is 5.54 Å². The van der Waals surface area contributed by atoms with Crippen molar-refractivity contribution in [1.29, 1.82) is 0 Å². The van der Waals surface area contributed by atoms with Crippen LogP contribution in [0.4, 0.5) is 0 Å². The summed E-state index contributed by atoms with van der Waals surface area (Å²) in [4.78, 5) is 0. The molecule has 0 saturated heterocycles. The number of nitrogens with two attached hydrogens (primary N) is 1. The molecule has 146 valence electrons.